The molecule has 0 spiro atoms. The number of H-pyrrole nitrogens is 1. The fourth-order valence-corrected chi connectivity index (χ4v) is 3.45. The molecule has 0 bridgehead atoms. The molecule has 4 aromatic rings. The lowest BCUT2D eigenvalue weighted by Crippen LogP contribution is -2.27. The first-order valence-electron chi connectivity index (χ1n) is 9.17. The molecule has 0 atom stereocenters. The molecular weight excluding hydrogens is 343 g/mol. The SMILES string of the molecule is CCCc1nc2ccc(F)cn2c1C(=O)NCCc1c[nH]c2ccccc12. The molecule has 5 nitrogen and oxygen atoms in total. The van der Waals surface area contributed by atoms with Gasteiger partial charge in [0, 0.05) is 29.8 Å². The molecule has 0 saturated carbocycles. The quantitative estimate of drug-likeness (QED) is 0.545. The molecule has 1 amide bonds. The highest BCUT2D eigenvalue weighted by Crippen LogP contribution is 2.18. The second kappa shape index (κ2) is 7.23. The van der Waals surface area contributed by atoms with Gasteiger partial charge in [0.25, 0.3) is 5.91 Å². The number of carbonyl (C=O) groups is 1. The number of benzene rings is 1. The Labute approximate surface area is 156 Å². The van der Waals surface area contributed by atoms with Gasteiger partial charge in [-0.1, -0.05) is 31.5 Å². The summed E-state index contributed by atoms with van der Waals surface area (Å²) in [6.45, 7) is 2.53. The van der Waals surface area contributed by atoms with Crippen LogP contribution in [-0.2, 0) is 12.8 Å². The van der Waals surface area contributed by atoms with Crippen LogP contribution in [0.5, 0.6) is 0 Å². The van der Waals surface area contributed by atoms with Crippen molar-refractivity contribution in [2.24, 2.45) is 0 Å². The van der Waals surface area contributed by atoms with Gasteiger partial charge < -0.3 is 10.3 Å². The molecule has 0 aliphatic carbocycles. The van der Waals surface area contributed by atoms with Crippen molar-refractivity contribution in [2.45, 2.75) is 26.2 Å². The number of carbonyl (C=O) groups excluding carboxylic acids is 1. The molecule has 0 unspecified atom stereocenters. The number of pyridine rings is 1. The van der Waals surface area contributed by atoms with Crippen LogP contribution in [0.2, 0.25) is 0 Å². The standard InChI is InChI=1S/C21H21FN4O/c1-2-5-18-20(26-13-15(22)8-9-19(26)25-18)21(27)23-11-10-14-12-24-17-7-4-3-6-16(14)17/h3-4,6-9,12-13,24H,2,5,10-11H2,1H3,(H,23,27). The van der Waals surface area contributed by atoms with E-state index < -0.39 is 5.82 Å². The van der Waals surface area contributed by atoms with Gasteiger partial charge in [-0.15, -0.1) is 0 Å². The lowest BCUT2D eigenvalue weighted by molar-refractivity contribution is 0.0947. The third-order valence-electron chi connectivity index (χ3n) is 4.71. The number of aromatic nitrogens is 3. The van der Waals surface area contributed by atoms with Crippen LogP contribution in [0.15, 0.2) is 48.8 Å². The molecule has 3 heterocycles. The normalized spacial score (nSPS) is 11.3. The van der Waals surface area contributed by atoms with Crippen molar-refractivity contribution in [3.05, 3.63) is 71.6 Å². The predicted molar refractivity (Wildman–Crippen MR) is 103 cm³/mol. The second-order valence-corrected chi connectivity index (χ2v) is 6.60. The second-order valence-electron chi connectivity index (χ2n) is 6.60. The third-order valence-corrected chi connectivity index (χ3v) is 4.71. The van der Waals surface area contributed by atoms with Gasteiger partial charge in [-0.2, -0.15) is 0 Å². The number of hydrogen-bond donors (Lipinski definition) is 2. The van der Waals surface area contributed by atoms with Gasteiger partial charge in [0.05, 0.1) is 5.69 Å². The fraction of sp³-hybridized carbons (Fsp3) is 0.238. The van der Waals surface area contributed by atoms with E-state index in [-0.39, 0.29) is 5.91 Å². The molecule has 0 aliphatic heterocycles. The van der Waals surface area contributed by atoms with Crippen LogP contribution in [-0.4, -0.2) is 26.8 Å². The Balaban J connectivity index is 1.54. The van der Waals surface area contributed by atoms with Crippen LogP contribution in [0.4, 0.5) is 4.39 Å². The summed E-state index contributed by atoms with van der Waals surface area (Å²) in [5.41, 5.74) is 3.95. The number of nitrogens with zero attached hydrogens (tertiary/aromatic N) is 2. The van der Waals surface area contributed by atoms with Crippen LogP contribution in [0.3, 0.4) is 0 Å². The maximum absolute atomic E-state index is 13.7. The van der Waals surface area contributed by atoms with E-state index in [2.05, 4.69) is 21.4 Å². The van der Waals surface area contributed by atoms with Crippen LogP contribution in [0.25, 0.3) is 16.6 Å². The zero-order valence-electron chi connectivity index (χ0n) is 15.1. The van der Waals surface area contributed by atoms with Crippen molar-refractivity contribution in [1.29, 1.82) is 0 Å². The summed E-state index contributed by atoms with van der Waals surface area (Å²) in [5.74, 6) is -0.618. The van der Waals surface area contributed by atoms with Crippen LogP contribution in [0.1, 0.15) is 35.1 Å². The van der Waals surface area contributed by atoms with E-state index in [4.69, 9.17) is 0 Å². The Hall–Kier alpha value is -3.15. The molecule has 0 aliphatic rings. The maximum atomic E-state index is 13.7. The minimum atomic E-state index is -0.393. The summed E-state index contributed by atoms with van der Waals surface area (Å²) in [5, 5.41) is 4.12. The van der Waals surface area contributed by atoms with E-state index in [0.717, 1.165) is 22.9 Å². The van der Waals surface area contributed by atoms with Crippen molar-refractivity contribution in [2.75, 3.05) is 6.54 Å². The fourth-order valence-electron chi connectivity index (χ4n) is 3.45. The van der Waals surface area contributed by atoms with Gasteiger partial charge in [0.1, 0.15) is 17.2 Å². The molecule has 3 aromatic heterocycles. The number of para-hydroxylation sites is 1. The van der Waals surface area contributed by atoms with Crippen LogP contribution < -0.4 is 5.32 Å². The number of fused-ring (bicyclic) bond motifs is 2. The molecule has 0 saturated heterocycles. The molecule has 0 fully saturated rings. The lowest BCUT2D eigenvalue weighted by atomic mass is 10.1. The summed E-state index contributed by atoms with van der Waals surface area (Å²) >= 11 is 0. The molecule has 6 heteroatoms. The summed E-state index contributed by atoms with van der Waals surface area (Å²) in [7, 11) is 0. The number of nitrogens with one attached hydrogen (secondary N) is 2. The van der Waals surface area contributed by atoms with E-state index >= 15 is 0 Å². The van der Waals surface area contributed by atoms with Crippen molar-refractivity contribution < 1.29 is 9.18 Å². The predicted octanol–water partition coefficient (Wildman–Crippen LogP) is 3.88. The molecule has 138 valence electrons. The molecule has 4 rings (SSSR count). The average Bonchev–Trinajstić information content (AvgIpc) is 3.23. The van der Waals surface area contributed by atoms with E-state index in [1.807, 2.05) is 31.3 Å². The average molecular weight is 364 g/mol. The van der Waals surface area contributed by atoms with E-state index in [0.29, 0.717) is 36.4 Å². The lowest BCUT2D eigenvalue weighted by Gasteiger charge is -2.07. The highest BCUT2D eigenvalue weighted by molar-refractivity contribution is 5.94. The summed E-state index contributed by atoms with van der Waals surface area (Å²) in [4.78, 5) is 20.6. The van der Waals surface area contributed by atoms with Crippen molar-refractivity contribution in [1.82, 2.24) is 19.7 Å². The first-order valence-corrected chi connectivity index (χ1v) is 9.17. The summed E-state index contributed by atoms with van der Waals surface area (Å²) in [6, 6.07) is 11.0. The third kappa shape index (κ3) is 3.30. The Kier molecular flexibility index (Phi) is 4.62. The van der Waals surface area contributed by atoms with E-state index in [1.54, 1.807) is 10.5 Å². The monoisotopic (exact) mass is 364 g/mol. The number of aryl methyl sites for hydroxylation is 1. The minimum Gasteiger partial charge on any atom is -0.361 e. The number of amides is 1. The Bertz CT molecular complexity index is 1110. The first kappa shape index (κ1) is 17.3. The molecular formula is C21H21FN4O. The molecule has 2 N–H and O–H groups in total. The van der Waals surface area contributed by atoms with Gasteiger partial charge in [0.2, 0.25) is 0 Å². The largest absolute Gasteiger partial charge is 0.361 e. The topological polar surface area (TPSA) is 62.2 Å². The van der Waals surface area contributed by atoms with Crippen LogP contribution in [0, 0.1) is 5.82 Å². The first-order chi connectivity index (χ1) is 13.2. The van der Waals surface area contributed by atoms with Crippen molar-refractivity contribution in [3.8, 4) is 0 Å². The van der Waals surface area contributed by atoms with Gasteiger partial charge in [-0.25, -0.2) is 9.37 Å². The van der Waals surface area contributed by atoms with Crippen molar-refractivity contribution in [3.63, 3.8) is 0 Å². The van der Waals surface area contributed by atoms with E-state index in [9.17, 15) is 9.18 Å². The van der Waals surface area contributed by atoms with Crippen LogP contribution >= 0.6 is 0 Å². The number of aromatic amines is 1. The highest BCUT2D eigenvalue weighted by atomic mass is 19.1. The molecule has 1 aromatic carbocycles. The van der Waals surface area contributed by atoms with Gasteiger partial charge in [-0.3, -0.25) is 9.20 Å². The summed E-state index contributed by atoms with van der Waals surface area (Å²) in [6.07, 6.45) is 5.54. The smallest absolute Gasteiger partial charge is 0.270 e. The number of halogens is 1. The van der Waals surface area contributed by atoms with Gasteiger partial charge in [-0.05, 0) is 36.6 Å². The zero-order chi connectivity index (χ0) is 18.8. The molecule has 27 heavy (non-hydrogen) atoms. The van der Waals surface area contributed by atoms with E-state index in [1.165, 1.54) is 12.3 Å². The number of hydrogen-bond acceptors (Lipinski definition) is 2. The minimum absolute atomic E-state index is 0.226. The number of rotatable bonds is 6. The Morgan fingerprint density at radius 1 is 1.22 bits per heavy atom. The highest BCUT2D eigenvalue weighted by Gasteiger charge is 2.19. The maximum Gasteiger partial charge on any atom is 0.270 e. The summed E-state index contributed by atoms with van der Waals surface area (Å²) < 4.78 is 15.2. The number of imidazole rings is 1. The molecule has 0 radical (unpaired) electrons. The van der Waals surface area contributed by atoms with Gasteiger partial charge in [0.15, 0.2) is 0 Å². The zero-order valence-corrected chi connectivity index (χ0v) is 15.1. The Morgan fingerprint density at radius 3 is 2.93 bits per heavy atom. The Morgan fingerprint density at radius 2 is 2.07 bits per heavy atom. The van der Waals surface area contributed by atoms with Crippen molar-refractivity contribution >= 4 is 22.5 Å². The van der Waals surface area contributed by atoms with Gasteiger partial charge >= 0.3 is 0 Å².